The number of hydrogen-bond donors (Lipinski definition) is 2. The second-order valence-corrected chi connectivity index (χ2v) is 5.48. The molecule has 0 aliphatic carbocycles. The Morgan fingerprint density at radius 3 is 2.50 bits per heavy atom. The smallest absolute Gasteiger partial charge is 0.326 e. The summed E-state index contributed by atoms with van der Waals surface area (Å²) in [5.74, 6) is -1.77. The van der Waals surface area contributed by atoms with Crippen molar-refractivity contribution in [3.05, 3.63) is 33.3 Å². The lowest BCUT2D eigenvalue weighted by Crippen LogP contribution is -2.44. The number of rotatable bonds is 4. The first kappa shape index (κ1) is 15.0. The van der Waals surface area contributed by atoms with Gasteiger partial charge in [-0.2, -0.15) is 0 Å². The maximum atomic E-state index is 12.0. The number of halogens is 2. The van der Waals surface area contributed by atoms with Gasteiger partial charge in [-0.1, -0.05) is 41.4 Å². The van der Waals surface area contributed by atoms with Gasteiger partial charge in [0.25, 0.3) is 5.91 Å². The number of aliphatic carboxylic acids is 1. The molecule has 0 saturated carbocycles. The molecule has 0 radical (unpaired) electrons. The highest BCUT2D eigenvalue weighted by Crippen LogP contribution is 2.21. The number of nitrogens with one attached hydrogen (secondary N) is 1. The van der Waals surface area contributed by atoms with Gasteiger partial charge in [0.2, 0.25) is 0 Å². The molecule has 0 aliphatic heterocycles. The third-order valence-electron chi connectivity index (χ3n) is 2.39. The van der Waals surface area contributed by atoms with Crippen molar-refractivity contribution in [2.75, 3.05) is 0 Å². The van der Waals surface area contributed by atoms with Gasteiger partial charge >= 0.3 is 5.97 Å². The average molecular weight is 335 g/mol. The summed E-state index contributed by atoms with van der Waals surface area (Å²) in [5.41, 5.74) is 0.248. The van der Waals surface area contributed by atoms with Gasteiger partial charge in [0.15, 0.2) is 0 Å². The van der Waals surface area contributed by atoms with Crippen molar-refractivity contribution in [2.24, 2.45) is 5.92 Å². The third-order valence-corrected chi connectivity index (χ3v) is 3.22. The number of carboxylic acid groups (broad SMARTS) is 1. The Morgan fingerprint density at radius 1 is 1.39 bits per heavy atom. The van der Waals surface area contributed by atoms with Crippen molar-refractivity contribution in [2.45, 2.75) is 19.9 Å². The van der Waals surface area contributed by atoms with Gasteiger partial charge in [-0.05, 0) is 24.1 Å². The predicted molar refractivity (Wildman–Crippen MR) is 72.9 cm³/mol. The highest BCUT2D eigenvalue weighted by molar-refractivity contribution is 9.10. The van der Waals surface area contributed by atoms with E-state index in [-0.39, 0.29) is 16.5 Å². The summed E-state index contributed by atoms with van der Waals surface area (Å²) < 4.78 is 0.702. The van der Waals surface area contributed by atoms with Gasteiger partial charge in [-0.15, -0.1) is 0 Å². The summed E-state index contributed by atoms with van der Waals surface area (Å²) in [6.07, 6.45) is 0. The minimum Gasteiger partial charge on any atom is -0.480 e. The molecule has 1 atom stereocenters. The van der Waals surface area contributed by atoms with Crippen LogP contribution in [0.3, 0.4) is 0 Å². The quantitative estimate of drug-likeness (QED) is 0.889. The van der Waals surface area contributed by atoms with E-state index >= 15 is 0 Å². The van der Waals surface area contributed by atoms with Crippen LogP contribution in [0, 0.1) is 5.92 Å². The summed E-state index contributed by atoms with van der Waals surface area (Å²) in [6.45, 7) is 3.45. The molecular weight excluding hydrogens is 321 g/mol. The Bertz CT molecular complexity index is 476. The number of carbonyl (C=O) groups excluding carboxylic acids is 1. The molecular formula is C12H13BrClNO3. The molecule has 4 nitrogen and oxygen atoms in total. The number of benzene rings is 1. The molecule has 6 heteroatoms. The molecule has 0 saturated heterocycles. The molecule has 0 aromatic heterocycles. The lowest BCUT2D eigenvalue weighted by Gasteiger charge is -2.18. The number of amides is 1. The van der Waals surface area contributed by atoms with E-state index < -0.39 is 17.9 Å². The summed E-state index contributed by atoms with van der Waals surface area (Å²) in [5, 5.41) is 11.7. The number of carboxylic acids is 1. The summed E-state index contributed by atoms with van der Waals surface area (Å²) >= 11 is 9.14. The fourth-order valence-electron chi connectivity index (χ4n) is 1.40. The van der Waals surface area contributed by atoms with E-state index in [9.17, 15) is 9.59 Å². The van der Waals surface area contributed by atoms with E-state index in [1.54, 1.807) is 32.0 Å². The molecule has 1 rings (SSSR count). The first-order valence-electron chi connectivity index (χ1n) is 5.31. The first-order chi connectivity index (χ1) is 8.32. The average Bonchev–Trinajstić information content (AvgIpc) is 2.28. The van der Waals surface area contributed by atoms with Crippen LogP contribution in [-0.4, -0.2) is 23.0 Å². The fourth-order valence-corrected chi connectivity index (χ4v) is 1.97. The lowest BCUT2D eigenvalue weighted by molar-refractivity contribution is -0.140. The molecule has 0 heterocycles. The molecule has 1 amide bonds. The maximum Gasteiger partial charge on any atom is 0.326 e. The molecule has 1 aromatic carbocycles. The van der Waals surface area contributed by atoms with Gasteiger partial charge in [0.1, 0.15) is 6.04 Å². The summed E-state index contributed by atoms with van der Waals surface area (Å²) in [7, 11) is 0. The van der Waals surface area contributed by atoms with Crippen molar-refractivity contribution in [1.29, 1.82) is 0 Å². The van der Waals surface area contributed by atoms with Crippen LogP contribution < -0.4 is 5.32 Å². The van der Waals surface area contributed by atoms with Crippen molar-refractivity contribution < 1.29 is 14.7 Å². The van der Waals surface area contributed by atoms with Crippen molar-refractivity contribution >= 4 is 39.4 Å². The van der Waals surface area contributed by atoms with Crippen LogP contribution in [-0.2, 0) is 4.79 Å². The van der Waals surface area contributed by atoms with Gasteiger partial charge in [0.05, 0.1) is 10.6 Å². The summed E-state index contributed by atoms with van der Waals surface area (Å²) in [6, 6.07) is 3.89. The van der Waals surface area contributed by atoms with Gasteiger partial charge < -0.3 is 10.4 Å². The Morgan fingerprint density at radius 2 is 2.00 bits per heavy atom. The largest absolute Gasteiger partial charge is 0.480 e. The Labute approximate surface area is 118 Å². The van der Waals surface area contributed by atoms with Crippen LogP contribution in [0.2, 0.25) is 5.02 Å². The maximum absolute atomic E-state index is 12.0. The molecule has 98 valence electrons. The van der Waals surface area contributed by atoms with Gasteiger partial charge in [-0.3, -0.25) is 4.79 Å². The molecule has 2 N–H and O–H groups in total. The second-order valence-electron chi connectivity index (χ2n) is 4.16. The Hall–Kier alpha value is -1.07. The number of carbonyl (C=O) groups is 2. The van der Waals surface area contributed by atoms with E-state index in [0.717, 1.165) is 0 Å². The Balaban J connectivity index is 2.94. The van der Waals surface area contributed by atoms with Gasteiger partial charge in [-0.25, -0.2) is 4.79 Å². The van der Waals surface area contributed by atoms with E-state index in [4.69, 9.17) is 16.7 Å². The lowest BCUT2D eigenvalue weighted by atomic mass is 10.0. The van der Waals surface area contributed by atoms with E-state index in [2.05, 4.69) is 21.2 Å². The minimum absolute atomic E-state index is 0.211. The standard InChI is InChI=1S/C12H13BrClNO3/c1-6(2)10(12(17)18)15-11(16)8-5-7(13)3-4-9(8)14/h3-6,10H,1-2H3,(H,15,16)(H,17,18). The minimum atomic E-state index is -1.07. The topological polar surface area (TPSA) is 66.4 Å². The van der Waals surface area contributed by atoms with E-state index in [1.165, 1.54) is 0 Å². The highest BCUT2D eigenvalue weighted by atomic mass is 79.9. The molecule has 0 aliphatic rings. The van der Waals surface area contributed by atoms with Crippen LogP contribution in [0.5, 0.6) is 0 Å². The normalized spacial score (nSPS) is 12.3. The zero-order chi connectivity index (χ0) is 13.9. The monoisotopic (exact) mass is 333 g/mol. The molecule has 1 unspecified atom stereocenters. The zero-order valence-electron chi connectivity index (χ0n) is 9.91. The number of hydrogen-bond acceptors (Lipinski definition) is 2. The molecule has 0 bridgehead atoms. The molecule has 0 fully saturated rings. The van der Waals surface area contributed by atoms with Crippen molar-refractivity contribution in [3.8, 4) is 0 Å². The fraction of sp³-hybridized carbons (Fsp3) is 0.333. The second kappa shape index (κ2) is 6.20. The highest BCUT2D eigenvalue weighted by Gasteiger charge is 2.24. The SMILES string of the molecule is CC(C)C(NC(=O)c1cc(Br)ccc1Cl)C(=O)O. The van der Waals surface area contributed by atoms with Crippen LogP contribution in [0.4, 0.5) is 0 Å². The molecule has 18 heavy (non-hydrogen) atoms. The van der Waals surface area contributed by atoms with Gasteiger partial charge in [0, 0.05) is 4.47 Å². The third kappa shape index (κ3) is 3.71. The van der Waals surface area contributed by atoms with Crippen LogP contribution in [0.15, 0.2) is 22.7 Å². The summed E-state index contributed by atoms with van der Waals surface area (Å²) in [4.78, 5) is 23.0. The van der Waals surface area contributed by atoms with Crippen molar-refractivity contribution in [1.82, 2.24) is 5.32 Å². The van der Waals surface area contributed by atoms with Crippen LogP contribution in [0.25, 0.3) is 0 Å². The van der Waals surface area contributed by atoms with Crippen molar-refractivity contribution in [3.63, 3.8) is 0 Å². The molecule has 0 spiro atoms. The Kier molecular flexibility index (Phi) is 5.16. The molecule has 1 aromatic rings. The van der Waals surface area contributed by atoms with Crippen LogP contribution >= 0.6 is 27.5 Å². The predicted octanol–water partition coefficient (Wildman–Crippen LogP) is 2.94. The first-order valence-corrected chi connectivity index (χ1v) is 6.48. The van der Waals surface area contributed by atoms with E-state index in [0.29, 0.717) is 4.47 Å². The van der Waals surface area contributed by atoms with Crippen LogP contribution in [0.1, 0.15) is 24.2 Å². The zero-order valence-corrected chi connectivity index (χ0v) is 12.2. The van der Waals surface area contributed by atoms with E-state index in [1.807, 2.05) is 0 Å².